The molecule has 7 heteroatoms. The van der Waals surface area contributed by atoms with Crippen molar-refractivity contribution >= 4 is 22.8 Å². The predicted octanol–water partition coefficient (Wildman–Crippen LogP) is 3.60. The summed E-state index contributed by atoms with van der Waals surface area (Å²) in [6.45, 7) is 4.89. The number of aromatic nitrogens is 2. The lowest BCUT2D eigenvalue weighted by Gasteiger charge is -2.33. The number of furan rings is 1. The first-order valence-electron chi connectivity index (χ1n) is 9.50. The molecule has 28 heavy (non-hydrogen) atoms. The highest BCUT2D eigenvalue weighted by Gasteiger charge is 2.30. The minimum Gasteiger partial charge on any atom is -0.478 e. The number of likely N-dealkylation sites (tertiary alicyclic amines) is 1. The van der Waals surface area contributed by atoms with Crippen molar-refractivity contribution in [1.29, 1.82) is 0 Å². The molecule has 3 heterocycles. The number of nitrogens with zero attached hydrogens (tertiary/aromatic N) is 3. The number of fused-ring (bicyclic) bond motifs is 1. The number of benzene rings is 1. The maximum Gasteiger partial charge on any atom is 0.339 e. The Kier molecular flexibility index (Phi) is 4.66. The summed E-state index contributed by atoms with van der Waals surface area (Å²) >= 11 is 0. The van der Waals surface area contributed by atoms with Gasteiger partial charge in [-0.2, -0.15) is 5.10 Å². The normalized spacial score (nSPS) is 16.4. The molecule has 1 saturated heterocycles. The van der Waals surface area contributed by atoms with Crippen LogP contribution >= 0.6 is 0 Å². The topological polar surface area (TPSA) is 88.6 Å². The molecule has 7 nitrogen and oxygen atoms in total. The Labute approximate surface area is 162 Å². The number of rotatable bonds is 4. The van der Waals surface area contributed by atoms with Gasteiger partial charge in [0.1, 0.15) is 16.9 Å². The summed E-state index contributed by atoms with van der Waals surface area (Å²) < 4.78 is 7.64. The Morgan fingerprint density at radius 2 is 1.96 bits per heavy atom. The van der Waals surface area contributed by atoms with Crippen LogP contribution in [0.25, 0.3) is 11.0 Å². The largest absolute Gasteiger partial charge is 0.478 e. The van der Waals surface area contributed by atoms with E-state index in [2.05, 4.69) is 5.10 Å². The molecule has 1 amide bonds. The highest BCUT2D eigenvalue weighted by molar-refractivity contribution is 5.88. The molecule has 0 aliphatic carbocycles. The monoisotopic (exact) mass is 381 g/mol. The van der Waals surface area contributed by atoms with Gasteiger partial charge in [0.2, 0.25) is 5.91 Å². The second-order valence-corrected chi connectivity index (χ2v) is 7.36. The van der Waals surface area contributed by atoms with Crippen molar-refractivity contribution < 1.29 is 19.1 Å². The maximum atomic E-state index is 12.9. The number of carbonyl (C=O) groups is 2. The Bertz CT molecular complexity index is 994. The summed E-state index contributed by atoms with van der Waals surface area (Å²) in [6, 6.07) is 9.79. The van der Waals surface area contributed by atoms with Crippen molar-refractivity contribution in [3.63, 3.8) is 0 Å². The number of carbonyl (C=O) groups excluding carboxylic acids is 1. The molecule has 146 valence electrons. The van der Waals surface area contributed by atoms with E-state index in [1.54, 1.807) is 11.6 Å². The molecule has 1 aliphatic rings. The van der Waals surface area contributed by atoms with Gasteiger partial charge < -0.3 is 14.4 Å². The minimum absolute atomic E-state index is 0.0564. The summed E-state index contributed by atoms with van der Waals surface area (Å²) in [6.07, 6.45) is 2.90. The van der Waals surface area contributed by atoms with Crippen molar-refractivity contribution in [2.24, 2.45) is 0 Å². The second kappa shape index (κ2) is 7.14. The van der Waals surface area contributed by atoms with E-state index in [4.69, 9.17) is 4.42 Å². The molecule has 3 aromatic rings. The molecule has 0 bridgehead atoms. The number of piperidine rings is 1. The zero-order valence-electron chi connectivity index (χ0n) is 16.0. The lowest BCUT2D eigenvalue weighted by molar-refractivity contribution is -0.134. The van der Waals surface area contributed by atoms with E-state index >= 15 is 0 Å². The van der Waals surface area contributed by atoms with E-state index in [-0.39, 0.29) is 23.4 Å². The van der Waals surface area contributed by atoms with Crippen LogP contribution in [0.2, 0.25) is 0 Å². The molecule has 1 aromatic carbocycles. The van der Waals surface area contributed by atoms with Gasteiger partial charge in [0.05, 0.1) is 23.9 Å². The Hall–Kier alpha value is -3.09. The fraction of sp³-hybridized carbons (Fsp3) is 0.381. The van der Waals surface area contributed by atoms with E-state index < -0.39 is 5.97 Å². The Morgan fingerprint density at radius 1 is 1.25 bits per heavy atom. The van der Waals surface area contributed by atoms with Crippen LogP contribution in [0.5, 0.6) is 0 Å². The minimum atomic E-state index is -0.962. The molecular formula is C21H23N3O4. The molecule has 1 aliphatic heterocycles. The number of hydrogen-bond donors (Lipinski definition) is 1. The summed E-state index contributed by atoms with van der Waals surface area (Å²) in [5.74, 6) is -0.562. The maximum absolute atomic E-state index is 12.9. The van der Waals surface area contributed by atoms with Crippen LogP contribution in [-0.4, -0.2) is 44.8 Å². The van der Waals surface area contributed by atoms with Crippen molar-refractivity contribution in [3.05, 3.63) is 53.5 Å². The van der Waals surface area contributed by atoms with Gasteiger partial charge in [0.15, 0.2) is 0 Å². The van der Waals surface area contributed by atoms with E-state index in [0.29, 0.717) is 24.5 Å². The van der Waals surface area contributed by atoms with Crippen LogP contribution in [0.1, 0.15) is 53.5 Å². The zero-order chi connectivity index (χ0) is 19.8. The van der Waals surface area contributed by atoms with Crippen LogP contribution in [0.4, 0.5) is 0 Å². The average Bonchev–Trinajstić information content (AvgIpc) is 3.30. The lowest BCUT2D eigenvalue weighted by Crippen LogP contribution is -2.41. The number of carboxylic acids is 1. The third-order valence-electron chi connectivity index (χ3n) is 5.64. The lowest BCUT2D eigenvalue weighted by atomic mass is 10.0. The average molecular weight is 381 g/mol. The van der Waals surface area contributed by atoms with Gasteiger partial charge in [-0.15, -0.1) is 0 Å². The number of amides is 1. The quantitative estimate of drug-likeness (QED) is 0.746. The van der Waals surface area contributed by atoms with E-state index in [1.165, 1.54) is 6.20 Å². The van der Waals surface area contributed by atoms with Crippen LogP contribution in [0.3, 0.4) is 0 Å². The van der Waals surface area contributed by atoms with E-state index in [1.807, 2.05) is 42.2 Å². The Morgan fingerprint density at radius 3 is 2.61 bits per heavy atom. The van der Waals surface area contributed by atoms with Crippen LogP contribution in [0, 0.1) is 6.92 Å². The molecule has 1 atom stereocenters. The van der Waals surface area contributed by atoms with Gasteiger partial charge in [-0.3, -0.25) is 9.48 Å². The summed E-state index contributed by atoms with van der Waals surface area (Å²) in [5, 5.41) is 14.5. The molecule has 1 N–H and O–H groups in total. The molecule has 0 radical (unpaired) electrons. The molecule has 0 saturated carbocycles. The molecule has 1 fully saturated rings. The first-order valence-corrected chi connectivity index (χ1v) is 9.50. The second-order valence-electron chi connectivity index (χ2n) is 7.36. The van der Waals surface area contributed by atoms with Gasteiger partial charge in [-0.05, 0) is 38.8 Å². The van der Waals surface area contributed by atoms with Crippen molar-refractivity contribution in [2.75, 3.05) is 13.1 Å². The van der Waals surface area contributed by atoms with Crippen LogP contribution in [-0.2, 0) is 4.79 Å². The summed E-state index contributed by atoms with van der Waals surface area (Å²) in [7, 11) is 0. The van der Waals surface area contributed by atoms with Gasteiger partial charge in [0.25, 0.3) is 0 Å². The van der Waals surface area contributed by atoms with Crippen LogP contribution < -0.4 is 0 Å². The number of para-hydroxylation sites is 1. The first kappa shape index (κ1) is 18.3. The van der Waals surface area contributed by atoms with E-state index in [9.17, 15) is 14.7 Å². The van der Waals surface area contributed by atoms with Crippen LogP contribution in [0.15, 0.2) is 40.9 Å². The van der Waals surface area contributed by atoms with Gasteiger partial charge in [0, 0.05) is 18.5 Å². The number of carboxylic acid groups (broad SMARTS) is 1. The highest BCUT2D eigenvalue weighted by atomic mass is 16.4. The fourth-order valence-electron chi connectivity index (χ4n) is 3.94. The number of aromatic carboxylic acids is 1. The van der Waals surface area contributed by atoms with Crippen molar-refractivity contribution in [2.45, 2.75) is 38.6 Å². The molecule has 0 spiro atoms. The molecule has 4 rings (SSSR count). The highest BCUT2D eigenvalue weighted by Crippen LogP contribution is 2.29. The van der Waals surface area contributed by atoms with Gasteiger partial charge in [-0.25, -0.2) is 4.79 Å². The van der Waals surface area contributed by atoms with E-state index in [0.717, 1.165) is 23.8 Å². The SMILES string of the molecule is Cc1c(C(=O)O)cnn1C1CCN(C(=O)C(C)c2cc3ccccc3o2)CC1. The van der Waals surface area contributed by atoms with Gasteiger partial charge in [-0.1, -0.05) is 18.2 Å². The third-order valence-corrected chi connectivity index (χ3v) is 5.64. The number of hydrogen-bond acceptors (Lipinski definition) is 4. The van der Waals surface area contributed by atoms with Crippen molar-refractivity contribution in [3.8, 4) is 0 Å². The Balaban J connectivity index is 1.43. The predicted molar refractivity (Wildman–Crippen MR) is 103 cm³/mol. The molecule has 1 unspecified atom stereocenters. The molecule has 2 aromatic heterocycles. The molecular weight excluding hydrogens is 358 g/mol. The fourth-order valence-corrected chi connectivity index (χ4v) is 3.94. The standard InChI is InChI=1S/C21H23N3O4/c1-13(19-11-15-5-3-4-6-18(15)28-19)20(25)23-9-7-16(8-10-23)24-14(2)17(12-22-24)21(26)27/h3-6,11-13,16H,7-10H2,1-2H3,(H,26,27). The summed E-state index contributed by atoms with van der Waals surface area (Å²) in [5.41, 5.74) is 1.68. The smallest absolute Gasteiger partial charge is 0.339 e. The summed E-state index contributed by atoms with van der Waals surface area (Å²) in [4.78, 5) is 26.0. The first-order chi connectivity index (χ1) is 13.5. The zero-order valence-corrected chi connectivity index (χ0v) is 16.0. The van der Waals surface area contributed by atoms with Gasteiger partial charge >= 0.3 is 5.97 Å². The van der Waals surface area contributed by atoms with Crippen molar-refractivity contribution in [1.82, 2.24) is 14.7 Å². The third kappa shape index (κ3) is 3.17.